The van der Waals surface area contributed by atoms with E-state index in [1.165, 1.54) is 19.3 Å². The number of hydrogen-bond donors (Lipinski definition) is 4. The Morgan fingerprint density at radius 3 is 2.49 bits per heavy atom. The molecule has 1 saturated heterocycles. The average Bonchev–Trinajstić information content (AvgIpc) is 3.23. The number of ether oxygens (including phenoxy) is 1. The van der Waals surface area contributed by atoms with Crippen molar-refractivity contribution in [3.8, 4) is 16.2 Å². The van der Waals surface area contributed by atoms with Crippen molar-refractivity contribution in [2.75, 3.05) is 31.6 Å². The number of carbonyl (C=O) groups excluding carboxylic acids is 1. The van der Waals surface area contributed by atoms with Gasteiger partial charge in [-0.3, -0.25) is 0 Å². The van der Waals surface area contributed by atoms with Crippen LogP contribution in [0.4, 0.5) is 10.5 Å². The molecule has 0 spiro atoms. The second kappa shape index (κ2) is 12.5. The quantitative estimate of drug-likeness (QED) is 0.330. The first-order valence-corrected chi connectivity index (χ1v) is 13.8. The summed E-state index contributed by atoms with van der Waals surface area (Å²) in [7, 11) is 0. The lowest BCUT2D eigenvalue weighted by Gasteiger charge is -2.34. The van der Waals surface area contributed by atoms with Crippen molar-refractivity contribution in [3.63, 3.8) is 0 Å². The van der Waals surface area contributed by atoms with Gasteiger partial charge < -0.3 is 30.5 Å². The molecule has 2 heterocycles. The van der Waals surface area contributed by atoms with Crippen LogP contribution in [0.25, 0.3) is 10.4 Å². The molecule has 4 rings (SSSR count). The largest absolute Gasteiger partial charge is 0.479 e. The maximum absolute atomic E-state index is 12.6. The van der Waals surface area contributed by atoms with E-state index in [0.717, 1.165) is 62.3 Å². The van der Waals surface area contributed by atoms with Crippen LogP contribution < -0.4 is 15.4 Å². The van der Waals surface area contributed by atoms with Crippen molar-refractivity contribution in [2.45, 2.75) is 51.0 Å². The van der Waals surface area contributed by atoms with E-state index in [0.29, 0.717) is 22.4 Å². The molecule has 1 saturated carbocycles. The SMILES string of the molecule is O=C(O)COc1c(C(=O)O)sc(-c2cccc(NCC3CCN(C(=O)NC4CCCCC4)CC3)c2)c1Cl. The fourth-order valence-corrected chi connectivity index (χ4v) is 6.27. The highest BCUT2D eigenvalue weighted by Crippen LogP contribution is 2.45. The average molecular weight is 550 g/mol. The monoisotopic (exact) mass is 549 g/mol. The van der Waals surface area contributed by atoms with Crippen molar-refractivity contribution in [1.82, 2.24) is 10.2 Å². The zero-order chi connectivity index (χ0) is 26.4. The molecule has 9 nitrogen and oxygen atoms in total. The molecule has 0 bridgehead atoms. The minimum Gasteiger partial charge on any atom is -0.479 e. The van der Waals surface area contributed by atoms with Gasteiger partial charge in [-0.05, 0) is 49.3 Å². The predicted molar refractivity (Wildman–Crippen MR) is 143 cm³/mol. The Kier molecular flexibility index (Phi) is 9.15. The number of halogens is 1. The Morgan fingerprint density at radius 1 is 1.08 bits per heavy atom. The van der Waals surface area contributed by atoms with Gasteiger partial charge in [0.1, 0.15) is 5.02 Å². The summed E-state index contributed by atoms with van der Waals surface area (Å²) >= 11 is 7.36. The highest BCUT2D eigenvalue weighted by molar-refractivity contribution is 7.18. The highest BCUT2D eigenvalue weighted by Gasteiger charge is 2.26. The summed E-state index contributed by atoms with van der Waals surface area (Å²) in [4.78, 5) is 37.4. The van der Waals surface area contributed by atoms with Crippen LogP contribution in [-0.2, 0) is 4.79 Å². The standard InChI is InChI=1S/C26H32ClN3O6S/c27-21-22(36-15-20(31)32)24(25(33)34)37-23(21)17-5-4-8-19(13-17)28-14-16-9-11-30(12-10-16)26(35)29-18-6-2-1-3-7-18/h4-5,8,13,16,18,28H,1-3,6-7,9-12,14-15H2,(H,29,35)(H,31,32)(H,33,34). The molecular weight excluding hydrogens is 518 g/mol. The lowest BCUT2D eigenvalue weighted by atomic mass is 9.95. The first-order chi connectivity index (χ1) is 17.8. The maximum Gasteiger partial charge on any atom is 0.349 e. The predicted octanol–water partition coefficient (Wildman–Crippen LogP) is 5.40. The van der Waals surface area contributed by atoms with Crippen LogP contribution in [0.15, 0.2) is 24.3 Å². The van der Waals surface area contributed by atoms with Gasteiger partial charge in [-0.1, -0.05) is 43.0 Å². The van der Waals surface area contributed by atoms with Gasteiger partial charge in [0.05, 0.1) is 4.88 Å². The topological polar surface area (TPSA) is 128 Å². The van der Waals surface area contributed by atoms with Gasteiger partial charge in [0.15, 0.2) is 17.2 Å². The van der Waals surface area contributed by atoms with Crippen LogP contribution in [0.5, 0.6) is 5.75 Å². The summed E-state index contributed by atoms with van der Waals surface area (Å²) in [6.45, 7) is 1.56. The maximum atomic E-state index is 12.6. The van der Waals surface area contributed by atoms with Crippen molar-refractivity contribution in [3.05, 3.63) is 34.2 Å². The first kappa shape index (κ1) is 27.1. The highest BCUT2D eigenvalue weighted by atomic mass is 35.5. The normalized spacial score (nSPS) is 16.8. The van der Waals surface area contributed by atoms with Crippen LogP contribution in [0.2, 0.25) is 5.02 Å². The summed E-state index contributed by atoms with van der Waals surface area (Å²) in [5, 5.41) is 25.1. The Hall–Kier alpha value is -2.98. The zero-order valence-corrected chi connectivity index (χ0v) is 22.1. The van der Waals surface area contributed by atoms with Crippen molar-refractivity contribution >= 4 is 46.6 Å². The number of piperidine rings is 1. The number of nitrogens with one attached hydrogen (secondary N) is 2. The number of carbonyl (C=O) groups is 3. The number of carboxylic acid groups (broad SMARTS) is 2. The molecular formula is C26H32ClN3O6S. The summed E-state index contributed by atoms with van der Waals surface area (Å²) in [5.74, 6) is -2.15. The van der Waals surface area contributed by atoms with Crippen LogP contribution in [0.3, 0.4) is 0 Å². The van der Waals surface area contributed by atoms with Crippen molar-refractivity contribution in [1.29, 1.82) is 0 Å². The summed E-state index contributed by atoms with van der Waals surface area (Å²) in [6, 6.07) is 7.86. The minimum atomic E-state index is -1.23. The summed E-state index contributed by atoms with van der Waals surface area (Å²) < 4.78 is 5.17. The van der Waals surface area contributed by atoms with E-state index in [2.05, 4.69) is 10.6 Å². The molecule has 0 atom stereocenters. The number of rotatable bonds is 9. The van der Waals surface area contributed by atoms with Gasteiger partial charge in [0.25, 0.3) is 0 Å². The van der Waals surface area contributed by atoms with Crippen molar-refractivity contribution in [2.24, 2.45) is 5.92 Å². The molecule has 2 fully saturated rings. The van der Waals surface area contributed by atoms with E-state index in [9.17, 15) is 19.5 Å². The van der Waals surface area contributed by atoms with Gasteiger partial charge in [-0.2, -0.15) is 0 Å². The smallest absolute Gasteiger partial charge is 0.349 e. The Labute approximate surface area is 224 Å². The van der Waals surface area contributed by atoms with Crippen molar-refractivity contribution < 1.29 is 29.3 Å². The number of benzene rings is 1. The number of nitrogens with zero attached hydrogens (tertiary/aromatic N) is 1. The van der Waals surface area contributed by atoms with E-state index < -0.39 is 18.5 Å². The molecule has 11 heteroatoms. The molecule has 2 amide bonds. The molecule has 4 N–H and O–H groups in total. The number of aliphatic carboxylic acids is 1. The minimum absolute atomic E-state index is 0.0614. The molecule has 0 unspecified atom stereocenters. The Morgan fingerprint density at radius 2 is 1.81 bits per heavy atom. The van der Waals surface area contributed by atoms with Gasteiger partial charge in [-0.25, -0.2) is 14.4 Å². The van der Waals surface area contributed by atoms with Crippen LogP contribution in [0, 0.1) is 5.92 Å². The van der Waals surface area contributed by atoms with Crippen LogP contribution in [-0.4, -0.2) is 65.4 Å². The zero-order valence-electron chi connectivity index (χ0n) is 20.5. The summed E-state index contributed by atoms with van der Waals surface area (Å²) in [5.41, 5.74) is 1.58. The van der Waals surface area contributed by atoms with Gasteiger partial charge >= 0.3 is 18.0 Å². The third-order valence-corrected chi connectivity index (χ3v) is 8.58. The fraction of sp³-hybridized carbons (Fsp3) is 0.500. The second-order valence-corrected chi connectivity index (χ2v) is 11.0. The van der Waals surface area contributed by atoms with E-state index in [-0.39, 0.29) is 21.7 Å². The van der Waals surface area contributed by atoms with Crippen LogP contribution in [0.1, 0.15) is 54.6 Å². The molecule has 2 aromatic rings. The molecule has 200 valence electrons. The fourth-order valence-electron chi connectivity index (χ4n) is 4.87. The molecule has 1 aliphatic heterocycles. The van der Waals surface area contributed by atoms with Gasteiger partial charge in [-0.15, -0.1) is 11.3 Å². The molecule has 1 aromatic heterocycles. The molecule has 37 heavy (non-hydrogen) atoms. The van der Waals surface area contributed by atoms with E-state index in [1.807, 2.05) is 29.2 Å². The molecule has 0 radical (unpaired) electrons. The van der Waals surface area contributed by atoms with Gasteiger partial charge in [0.2, 0.25) is 0 Å². The third kappa shape index (κ3) is 7.07. The number of carboxylic acids is 2. The number of anilines is 1. The Bertz CT molecular complexity index is 1130. The Balaban J connectivity index is 1.33. The molecule has 1 aromatic carbocycles. The number of amides is 2. The van der Waals surface area contributed by atoms with E-state index in [1.54, 1.807) is 0 Å². The molecule has 2 aliphatic rings. The molecule has 1 aliphatic carbocycles. The second-order valence-electron chi connectivity index (χ2n) is 9.57. The van der Waals surface area contributed by atoms with E-state index in [4.69, 9.17) is 21.4 Å². The number of hydrogen-bond acceptors (Lipinski definition) is 6. The number of thiophene rings is 1. The lowest BCUT2D eigenvalue weighted by Crippen LogP contribution is -2.48. The third-order valence-electron chi connectivity index (χ3n) is 6.90. The summed E-state index contributed by atoms with van der Waals surface area (Å²) in [6.07, 6.45) is 7.66. The number of likely N-dealkylation sites (tertiary alicyclic amines) is 1. The number of aromatic carboxylic acids is 1. The van der Waals surface area contributed by atoms with Crippen LogP contribution >= 0.6 is 22.9 Å². The number of urea groups is 1. The first-order valence-electron chi connectivity index (χ1n) is 12.6. The van der Waals surface area contributed by atoms with Gasteiger partial charge in [0, 0.05) is 31.4 Å². The van der Waals surface area contributed by atoms with E-state index >= 15 is 0 Å². The lowest BCUT2D eigenvalue weighted by molar-refractivity contribution is -0.139.